The number of hydrogen-bond acceptors (Lipinski definition) is 5. The average Bonchev–Trinajstić information content (AvgIpc) is 2.85. The van der Waals surface area contributed by atoms with Crippen LogP contribution in [0.15, 0.2) is 46.0 Å². The van der Waals surface area contributed by atoms with Crippen molar-refractivity contribution in [2.75, 3.05) is 0 Å². The highest BCUT2D eigenvalue weighted by atomic mass is 35.5. The zero-order chi connectivity index (χ0) is 15.5. The number of aromatic nitrogens is 4. The summed E-state index contributed by atoms with van der Waals surface area (Å²) in [5.41, 5.74) is 0.250. The van der Waals surface area contributed by atoms with Crippen molar-refractivity contribution in [3.63, 3.8) is 0 Å². The molecule has 0 atom stereocenters. The van der Waals surface area contributed by atoms with Crippen molar-refractivity contribution in [3.05, 3.63) is 75.3 Å². The Morgan fingerprint density at radius 1 is 1.23 bits per heavy atom. The highest BCUT2D eigenvalue weighted by Gasteiger charge is 2.16. The molecule has 0 N–H and O–H groups in total. The molecule has 6 nitrogen and oxygen atoms in total. The molecule has 0 bridgehead atoms. The maximum atomic E-state index is 13.8. The van der Waals surface area contributed by atoms with E-state index in [9.17, 15) is 9.18 Å². The van der Waals surface area contributed by atoms with E-state index in [0.717, 1.165) is 0 Å². The standard InChI is InChI=1S/C14H10ClFN4O2/c15-10-3-1-4-11(16)9(10)7-13-19-22-14(21)20(13)8-12-17-5-2-6-18-12/h1-6H,7-8H2. The molecule has 0 saturated carbocycles. The van der Waals surface area contributed by atoms with Gasteiger partial charge in [0.15, 0.2) is 5.82 Å². The smallest absolute Gasteiger partial charge is 0.296 e. The van der Waals surface area contributed by atoms with Gasteiger partial charge in [0, 0.05) is 29.4 Å². The van der Waals surface area contributed by atoms with Crippen LogP contribution in [0.2, 0.25) is 5.02 Å². The molecule has 1 aromatic carbocycles. The molecule has 8 heteroatoms. The lowest BCUT2D eigenvalue weighted by Crippen LogP contribution is -2.19. The minimum absolute atomic E-state index is 0.0318. The Bertz CT molecular complexity index is 827. The Hall–Kier alpha value is -2.54. The van der Waals surface area contributed by atoms with E-state index in [0.29, 0.717) is 5.82 Å². The second kappa shape index (κ2) is 6.07. The maximum absolute atomic E-state index is 13.8. The normalized spacial score (nSPS) is 10.8. The first kappa shape index (κ1) is 14.4. The minimum atomic E-state index is -0.657. The molecule has 22 heavy (non-hydrogen) atoms. The van der Waals surface area contributed by atoms with Crippen LogP contribution in [-0.2, 0) is 13.0 Å². The number of rotatable bonds is 4. The lowest BCUT2D eigenvalue weighted by molar-refractivity contribution is 0.374. The van der Waals surface area contributed by atoms with Crippen molar-refractivity contribution >= 4 is 11.6 Å². The summed E-state index contributed by atoms with van der Waals surface area (Å²) in [5.74, 6) is -0.446. The van der Waals surface area contributed by atoms with Crippen LogP contribution in [0.4, 0.5) is 4.39 Å². The summed E-state index contributed by atoms with van der Waals surface area (Å²) in [6.45, 7) is 0.0879. The third-order valence-electron chi connectivity index (χ3n) is 3.08. The molecule has 0 saturated heterocycles. The highest BCUT2D eigenvalue weighted by Crippen LogP contribution is 2.21. The van der Waals surface area contributed by atoms with Crippen LogP contribution in [0.1, 0.15) is 17.2 Å². The number of nitrogens with zero attached hydrogens (tertiary/aromatic N) is 4. The number of benzene rings is 1. The summed E-state index contributed by atoms with van der Waals surface area (Å²) in [6, 6.07) is 6.04. The summed E-state index contributed by atoms with van der Waals surface area (Å²) < 4.78 is 19.8. The first-order chi connectivity index (χ1) is 10.6. The first-order valence-electron chi connectivity index (χ1n) is 6.39. The Morgan fingerprint density at radius 3 is 2.73 bits per heavy atom. The van der Waals surface area contributed by atoms with Gasteiger partial charge in [0.1, 0.15) is 11.6 Å². The molecule has 2 aromatic heterocycles. The summed E-state index contributed by atoms with van der Waals surface area (Å²) in [5, 5.41) is 3.95. The van der Waals surface area contributed by atoms with Gasteiger partial charge >= 0.3 is 5.76 Å². The quantitative estimate of drug-likeness (QED) is 0.735. The number of halogens is 2. The number of hydrogen-bond donors (Lipinski definition) is 0. The Balaban J connectivity index is 1.94. The van der Waals surface area contributed by atoms with E-state index in [1.165, 1.54) is 16.7 Å². The van der Waals surface area contributed by atoms with Crippen molar-refractivity contribution < 1.29 is 8.91 Å². The van der Waals surface area contributed by atoms with Crippen molar-refractivity contribution in [2.24, 2.45) is 0 Å². The van der Waals surface area contributed by atoms with E-state index < -0.39 is 11.6 Å². The SMILES string of the molecule is O=c1onc(Cc2c(F)cccc2Cl)n1Cc1ncccn1. The third kappa shape index (κ3) is 2.89. The van der Waals surface area contributed by atoms with Crippen molar-refractivity contribution in [1.82, 2.24) is 19.7 Å². The molecular formula is C14H10ClFN4O2. The minimum Gasteiger partial charge on any atom is -0.296 e. The highest BCUT2D eigenvalue weighted by molar-refractivity contribution is 6.31. The largest absolute Gasteiger partial charge is 0.442 e. The molecule has 0 aliphatic heterocycles. The second-order valence-electron chi connectivity index (χ2n) is 4.49. The summed E-state index contributed by atoms with van der Waals surface area (Å²) in [6.07, 6.45) is 3.16. The predicted octanol–water partition coefficient (Wildman–Crippen LogP) is 2.06. The van der Waals surface area contributed by atoms with Crippen LogP contribution in [0.25, 0.3) is 0 Å². The lowest BCUT2D eigenvalue weighted by atomic mass is 10.1. The van der Waals surface area contributed by atoms with Gasteiger partial charge in [-0.1, -0.05) is 22.8 Å². The molecule has 0 radical (unpaired) electrons. The molecule has 2 heterocycles. The molecule has 0 fully saturated rings. The van der Waals surface area contributed by atoms with E-state index >= 15 is 0 Å². The topological polar surface area (TPSA) is 73.8 Å². The van der Waals surface area contributed by atoms with Crippen LogP contribution in [-0.4, -0.2) is 19.7 Å². The van der Waals surface area contributed by atoms with Gasteiger partial charge in [0.2, 0.25) is 0 Å². The zero-order valence-electron chi connectivity index (χ0n) is 11.2. The monoisotopic (exact) mass is 320 g/mol. The van der Waals surface area contributed by atoms with Crippen LogP contribution >= 0.6 is 11.6 Å². The Morgan fingerprint density at radius 2 is 2.00 bits per heavy atom. The fraction of sp³-hybridized carbons (Fsp3) is 0.143. The van der Waals surface area contributed by atoms with Gasteiger partial charge in [-0.3, -0.25) is 9.09 Å². The van der Waals surface area contributed by atoms with Gasteiger partial charge in [-0.25, -0.2) is 19.2 Å². The van der Waals surface area contributed by atoms with Gasteiger partial charge in [-0.2, -0.15) is 0 Å². The van der Waals surface area contributed by atoms with Gasteiger partial charge < -0.3 is 0 Å². The molecule has 3 aromatic rings. The van der Waals surface area contributed by atoms with Crippen LogP contribution < -0.4 is 5.76 Å². The van der Waals surface area contributed by atoms with Crippen molar-refractivity contribution in [1.29, 1.82) is 0 Å². The molecule has 0 aliphatic carbocycles. The molecule has 0 unspecified atom stereocenters. The van der Waals surface area contributed by atoms with Crippen LogP contribution in [0.5, 0.6) is 0 Å². The molecule has 0 aliphatic rings. The van der Waals surface area contributed by atoms with Crippen molar-refractivity contribution in [3.8, 4) is 0 Å². The van der Waals surface area contributed by atoms with Gasteiger partial charge in [-0.15, -0.1) is 0 Å². The van der Waals surface area contributed by atoms with Crippen molar-refractivity contribution in [2.45, 2.75) is 13.0 Å². The third-order valence-corrected chi connectivity index (χ3v) is 3.43. The fourth-order valence-corrected chi connectivity index (χ4v) is 2.22. The molecule has 0 amide bonds. The second-order valence-corrected chi connectivity index (χ2v) is 4.90. The van der Waals surface area contributed by atoms with E-state index in [1.807, 2.05) is 0 Å². The molecule has 0 spiro atoms. The lowest BCUT2D eigenvalue weighted by Gasteiger charge is -2.06. The van der Waals surface area contributed by atoms with Gasteiger partial charge in [0.25, 0.3) is 0 Å². The maximum Gasteiger partial charge on any atom is 0.442 e. The molecular weight excluding hydrogens is 311 g/mol. The van der Waals surface area contributed by atoms with Crippen LogP contribution in [0, 0.1) is 5.82 Å². The van der Waals surface area contributed by atoms with Crippen LogP contribution in [0.3, 0.4) is 0 Å². The Labute approximate surface area is 129 Å². The molecule has 112 valence electrons. The summed E-state index contributed by atoms with van der Waals surface area (Å²) in [4.78, 5) is 19.8. The summed E-state index contributed by atoms with van der Waals surface area (Å²) in [7, 11) is 0. The fourth-order valence-electron chi connectivity index (χ4n) is 1.99. The summed E-state index contributed by atoms with van der Waals surface area (Å²) >= 11 is 5.99. The van der Waals surface area contributed by atoms with E-state index in [1.54, 1.807) is 24.5 Å². The average molecular weight is 321 g/mol. The van der Waals surface area contributed by atoms with E-state index in [-0.39, 0.29) is 29.4 Å². The van der Waals surface area contributed by atoms with Gasteiger partial charge in [0.05, 0.1) is 6.54 Å². The van der Waals surface area contributed by atoms with E-state index in [4.69, 9.17) is 11.6 Å². The zero-order valence-corrected chi connectivity index (χ0v) is 12.0. The van der Waals surface area contributed by atoms with Gasteiger partial charge in [-0.05, 0) is 18.2 Å². The Kier molecular flexibility index (Phi) is 3.97. The first-order valence-corrected chi connectivity index (χ1v) is 6.77. The predicted molar refractivity (Wildman–Crippen MR) is 76.1 cm³/mol. The molecule has 3 rings (SSSR count). The van der Waals surface area contributed by atoms with E-state index in [2.05, 4.69) is 19.6 Å².